The Labute approximate surface area is 177 Å². The number of aromatic nitrogens is 1. The molecule has 7 heteroatoms. The highest BCUT2D eigenvalue weighted by molar-refractivity contribution is 5.94. The predicted octanol–water partition coefficient (Wildman–Crippen LogP) is 1.93. The molecule has 3 heterocycles. The second-order valence-electron chi connectivity index (χ2n) is 8.11. The first-order valence-electron chi connectivity index (χ1n) is 10.7. The minimum absolute atomic E-state index is 0.0874. The topological polar surface area (TPSA) is 91.6 Å². The van der Waals surface area contributed by atoms with Gasteiger partial charge in [-0.25, -0.2) is 0 Å². The van der Waals surface area contributed by atoms with Crippen LogP contribution in [-0.2, 0) is 11.3 Å². The highest BCUT2D eigenvalue weighted by atomic mass is 16.2. The molecule has 7 nitrogen and oxygen atoms in total. The monoisotopic (exact) mass is 407 g/mol. The fourth-order valence-electron chi connectivity index (χ4n) is 4.60. The van der Waals surface area contributed by atoms with Crippen molar-refractivity contribution in [2.45, 2.75) is 44.3 Å². The van der Waals surface area contributed by atoms with E-state index in [1.54, 1.807) is 12.4 Å². The molecule has 3 N–H and O–H groups in total. The predicted molar refractivity (Wildman–Crippen MR) is 116 cm³/mol. The smallest absolute Gasteiger partial charge is 0.251 e. The van der Waals surface area contributed by atoms with Crippen molar-refractivity contribution in [3.8, 4) is 0 Å². The third kappa shape index (κ3) is 4.62. The van der Waals surface area contributed by atoms with Crippen LogP contribution in [0.2, 0.25) is 0 Å². The third-order valence-electron chi connectivity index (χ3n) is 6.23. The number of anilines is 1. The Kier molecular flexibility index (Phi) is 6.28. The Morgan fingerprint density at radius 1 is 1.07 bits per heavy atom. The molecule has 4 rings (SSSR count). The molecule has 0 saturated carbocycles. The largest absolute Gasteiger partial charge is 0.371 e. The zero-order valence-electron chi connectivity index (χ0n) is 17.2. The van der Waals surface area contributed by atoms with Gasteiger partial charge in [-0.15, -0.1) is 0 Å². The summed E-state index contributed by atoms with van der Waals surface area (Å²) in [5.74, 6) is -0.275. The van der Waals surface area contributed by atoms with Crippen LogP contribution >= 0.6 is 0 Å². The minimum Gasteiger partial charge on any atom is -0.371 e. The van der Waals surface area contributed by atoms with Crippen LogP contribution in [0.4, 0.5) is 5.69 Å². The molecule has 1 aromatic heterocycles. The first-order valence-corrected chi connectivity index (χ1v) is 10.7. The molecular weight excluding hydrogens is 378 g/mol. The van der Waals surface area contributed by atoms with Gasteiger partial charge in [0.25, 0.3) is 5.91 Å². The number of benzene rings is 1. The molecular formula is C23H29N5O2. The number of hydrogen-bond acceptors (Lipinski definition) is 5. The number of hydrogen-bond donors (Lipinski definition) is 2. The summed E-state index contributed by atoms with van der Waals surface area (Å²) in [6.45, 7) is 3.32. The summed E-state index contributed by atoms with van der Waals surface area (Å²) in [7, 11) is 0. The summed E-state index contributed by atoms with van der Waals surface area (Å²) in [6, 6.07) is 11.9. The van der Waals surface area contributed by atoms with E-state index in [0.29, 0.717) is 18.2 Å². The Morgan fingerprint density at radius 3 is 2.50 bits per heavy atom. The van der Waals surface area contributed by atoms with Crippen molar-refractivity contribution in [3.63, 3.8) is 0 Å². The summed E-state index contributed by atoms with van der Waals surface area (Å²) in [5, 5.41) is 2.93. The highest BCUT2D eigenvalue weighted by Crippen LogP contribution is 2.28. The van der Waals surface area contributed by atoms with Crippen LogP contribution in [0.5, 0.6) is 0 Å². The molecule has 1 atom stereocenters. The molecule has 0 unspecified atom stereocenters. The first-order chi connectivity index (χ1) is 14.6. The third-order valence-corrected chi connectivity index (χ3v) is 6.23. The number of carbonyl (C=O) groups is 2. The van der Waals surface area contributed by atoms with Gasteiger partial charge in [0.05, 0.1) is 6.04 Å². The van der Waals surface area contributed by atoms with E-state index >= 15 is 0 Å². The van der Waals surface area contributed by atoms with Crippen molar-refractivity contribution < 1.29 is 9.59 Å². The molecule has 2 aliphatic rings. The summed E-state index contributed by atoms with van der Waals surface area (Å²) in [5.41, 5.74) is 8.33. The fourth-order valence-corrected chi connectivity index (χ4v) is 4.60. The van der Waals surface area contributed by atoms with E-state index in [2.05, 4.69) is 20.1 Å². The van der Waals surface area contributed by atoms with E-state index in [4.69, 9.17) is 5.73 Å². The minimum atomic E-state index is -0.188. The number of nitrogens with one attached hydrogen (secondary N) is 1. The number of primary amides is 1. The molecule has 1 aromatic carbocycles. The van der Waals surface area contributed by atoms with Gasteiger partial charge in [0.2, 0.25) is 5.91 Å². The van der Waals surface area contributed by atoms with Crippen molar-refractivity contribution in [1.82, 2.24) is 15.2 Å². The maximum Gasteiger partial charge on any atom is 0.251 e. The Bertz CT molecular complexity index is 863. The van der Waals surface area contributed by atoms with Gasteiger partial charge in [0.1, 0.15) is 0 Å². The van der Waals surface area contributed by atoms with Crippen molar-refractivity contribution >= 4 is 17.5 Å². The van der Waals surface area contributed by atoms with Crippen LogP contribution in [0, 0.1) is 0 Å². The molecule has 30 heavy (non-hydrogen) atoms. The van der Waals surface area contributed by atoms with Gasteiger partial charge in [0, 0.05) is 49.3 Å². The molecule has 2 amide bonds. The Balaban J connectivity index is 1.29. The van der Waals surface area contributed by atoms with Gasteiger partial charge >= 0.3 is 0 Å². The molecule has 2 aliphatic heterocycles. The SMILES string of the molecule is NC(=O)[C@@H]1CCCN1C1CCN(c2ccc(C(=O)NCc3cccnc3)cc2)CC1. The van der Waals surface area contributed by atoms with Gasteiger partial charge < -0.3 is 16.0 Å². The molecule has 0 bridgehead atoms. The van der Waals surface area contributed by atoms with Crippen molar-refractivity contribution in [3.05, 3.63) is 59.9 Å². The number of piperidine rings is 1. The number of rotatable bonds is 6. The van der Waals surface area contributed by atoms with E-state index in [1.807, 2.05) is 36.4 Å². The molecule has 2 saturated heterocycles. The molecule has 158 valence electrons. The summed E-state index contributed by atoms with van der Waals surface area (Å²) >= 11 is 0. The van der Waals surface area contributed by atoms with Crippen LogP contribution < -0.4 is 16.0 Å². The number of likely N-dealkylation sites (tertiary alicyclic amines) is 1. The lowest BCUT2D eigenvalue weighted by Crippen LogP contribution is -2.50. The van der Waals surface area contributed by atoms with Crippen molar-refractivity contribution in [1.29, 1.82) is 0 Å². The van der Waals surface area contributed by atoms with Gasteiger partial charge in [-0.3, -0.25) is 19.5 Å². The number of nitrogens with two attached hydrogens (primary N) is 1. The maximum absolute atomic E-state index is 12.4. The van der Waals surface area contributed by atoms with Crippen molar-refractivity contribution in [2.75, 3.05) is 24.5 Å². The van der Waals surface area contributed by atoms with E-state index in [0.717, 1.165) is 56.6 Å². The van der Waals surface area contributed by atoms with Gasteiger partial charge in [0.15, 0.2) is 0 Å². The fraction of sp³-hybridized carbons (Fsp3) is 0.435. The maximum atomic E-state index is 12.4. The van der Waals surface area contributed by atoms with E-state index in [-0.39, 0.29) is 17.9 Å². The first kappa shape index (κ1) is 20.3. The second-order valence-corrected chi connectivity index (χ2v) is 8.11. The summed E-state index contributed by atoms with van der Waals surface area (Å²) < 4.78 is 0. The number of nitrogens with zero attached hydrogens (tertiary/aromatic N) is 3. The Morgan fingerprint density at radius 2 is 1.83 bits per heavy atom. The van der Waals surface area contributed by atoms with Crippen LogP contribution in [-0.4, -0.2) is 53.4 Å². The zero-order valence-corrected chi connectivity index (χ0v) is 17.2. The molecule has 2 aromatic rings. The van der Waals surface area contributed by atoms with E-state index in [1.165, 1.54) is 0 Å². The molecule has 0 radical (unpaired) electrons. The van der Waals surface area contributed by atoms with Crippen LogP contribution in [0.25, 0.3) is 0 Å². The van der Waals surface area contributed by atoms with Gasteiger partial charge in [-0.05, 0) is 68.1 Å². The van der Waals surface area contributed by atoms with Crippen LogP contribution in [0.3, 0.4) is 0 Å². The quantitative estimate of drug-likeness (QED) is 0.764. The molecule has 0 aliphatic carbocycles. The lowest BCUT2D eigenvalue weighted by Gasteiger charge is -2.39. The van der Waals surface area contributed by atoms with E-state index in [9.17, 15) is 9.59 Å². The summed E-state index contributed by atoms with van der Waals surface area (Å²) in [6.07, 6.45) is 7.46. The Hall–Kier alpha value is -2.93. The zero-order chi connectivity index (χ0) is 20.9. The van der Waals surface area contributed by atoms with Crippen molar-refractivity contribution in [2.24, 2.45) is 5.73 Å². The van der Waals surface area contributed by atoms with Gasteiger partial charge in [-0.2, -0.15) is 0 Å². The van der Waals surface area contributed by atoms with Gasteiger partial charge in [-0.1, -0.05) is 6.07 Å². The lowest BCUT2D eigenvalue weighted by atomic mass is 10.0. The van der Waals surface area contributed by atoms with E-state index < -0.39 is 0 Å². The molecule has 0 spiro atoms. The molecule has 2 fully saturated rings. The number of carbonyl (C=O) groups excluding carboxylic acids is 2. The normalized spacial score (nSPS) is 20.3. The second kappa shape index (κ2) is 9.26. The standard InChI is InChI=1S/C23H29N5O2/c24-22(29)21-4-2-12-28(21)20-9-13-27(14-10-20)19-7-5-18(6-8-19)23(30)26-16-17-3-1-11-25-15-17/h1,3,5-8,11,15,20-21H,2,4,9-10,12-14,16H2,(H2,24,29)(H,26,30)/t21-/m0/s1. The highest BCUT2D eigenvalue weighted by Gasteiger charge is 2.35. The average molecular weight is 408 g/mol. The number of amides is 2. The van der Waals surface area contributed by atoms with Crippen LogP contribution in [0.1, 0.15) is 41.6 Å². The summed E-state index contributed by atoms with van der Waals surface area (Å²) in [4.78, 5) is 32.8. The average Bonchev–Trinajstić information content (AvgIpc) is 3.29. The lowest BCUT2D eigenvalue weighted by molar-refractivity contribution is -0.123. The number of pyridine rings is 1. The van der Waals surface area contributed by atoms with Crippen LogP contribution in [0.15, 0.2) is 48.8 Å².